The van der Waals surface area contributed by atoms with Crippen molar-refractivity contribution in [1.29, 1.82) is 0 Å². The average molecular weight is 480 g/mol. The maximum Gasteiger partial charge on any atom is 0.270 e. The van der Waals surface area contributed by atoms with Crippen LogP contribution in [0.3, 0.4) is 0 Å². The fourth-order valence-corrected chi connectivity index (χ4v) is 4.57. The molecule has 3 aromatic carbocycles. The lowest BCUT2D eigenvalue weighted by atomic mass is 10.1. The molecule has 1 aliphatic heterocycles. The van der Waals surface area contributed by atoms with Crippen LogP contribution in [0.5, 0.6) is 5.75 Å². The highest BCUT2D eigenvalue weighted by molar-refractivity contribution is 8.27. The van der Waals surface area contributed by atoms with Crippen molar-refractivity contribution < 1.29 is 14.3 Å². The van der Waals surface area contributed by atoms with E-state index in [1.807, 2.05) is 48.5 Å². The average Bonchev–Trinajstić information content (AvgIpc) is 3.06. The van der Waals surface area contributed by atoms with Crippen LogP contribution in [0.2, 0.25) is 5.02 Å². The molecule has 0 aromatic heterocycles. The molecule has 0 unspecified atom stereocenters. The standard InChI is InChI=1S/C25H18ClNO3S2/c1-16(28)19-5-3-6-21(14-19)27-24(29)23(32-25(27)31)13-18-4-2-7-22(12-18)30-15-17-8-10-20(26)11-9-17/h2-14H,15H2,1H3/b23-13-. The Morgan fingerprint density at radius 2 is 1.84 bits per heavy atom. The Morgan fingerprint density at radius 1 is 1.09 bits per heavy atom. The van der Waals surface area contributed by atoms with Crippen molar-refractivity contribution in [3.05, 3.63) is 99.4 Å². The maximum atomic E-state index is 13.0. The van der Waals surface area contributed by atoms with Gasteiger partial charge < -0.3 is 4.74 Å². The van der Waals surface area contributed by atoms with Gasteiger partial charge in [-0.05, 0) is 60.5 Å². The highest BCUT2D eigenvalue weighted by Gasteiger charge is 2.33. The number of hydrogen-bond acceptors (Lipinski definition) is 5. The molecule has 0 atom stereocenters. The number of carbonyl (C=O) groups is 2. The summed E-state index contributed by atoms with van der Waals surface area (Å²) in [6.45, 7) is 1.90. The summed E-state index contributed by atoms with van der Waals surface area (Å²) < 4.78 is 6.31. The predicted molar refractivity (Wildman–Crippen MR) is 134 cm³/mol. The van der Waals surface area contributed by atoms with Gasteiger partial charge in [0.1, 0.15) is 12.4 Å². The molecule has 0 spiro atoms. The van der Waals surface area contributed by atoms with E-state index >= 15 is 0 Å². The fraction of sp³-hybridized carbons (Fsp3) is 0.0800. The first-order chi connectivity index (χ1) is 15.4. The largest absolute Gasteiger partial charge is 0.489 e. The zero-order valence-corrected chi connectivity index (χ0v) is 19.5. The minimum absolute atomic E-state index is 0.0664. The smallest absolute Gasteiger partial charge is 0.270 e. The molecule has 0 bridgehead atoms. The number of rotatable bonds is 6. The molecule has 4 nitrogen and oxygen atoms in total. The third-order valence-corrected chi connectivity index (χ3v) is 6.33. The number of ketones is 1. The Balaban J connectivity index is 1.51. The fourth-order valence-electron chi connectivity index (χ4n) is 3.15. The summed E-state index contributed by atoms with van der Waals surface area (Å²) in [4.78, 5) is 26.7. The number of thiocarbonyl (C=S) groups is 1. The SMILES string of the molecule is CC(=O)c1cccc(N2C(=O)/C(=C/c3cccc(OCc4ccc(Cl)cc4)c3)SC2=S)c1. The van der Waals surface area contributed by atoms with Crippen LogP contribution in [0.4, 0.5) is 5.69 Å². The molecule has 0 saturated carbocycles. The summed E-state index contributed by atoms with van der Waals surface area (Å²) in [7, 11) is 0. The molecule has 4 rings (SSSR count). The summed E-state index contributed by atoms with van der Waals surface area (Å²) in [5, 5.41) is 0.682. The topological polar surface area (TPSA) is 46.6 Å². The normalized spacial score (nSPS) is 14.8. The van der Waals surface area contributed by atoms with Gasteiger partial charge in [0, 0.05) is 10.6 Å². The number of hydrogen-bond donors (Lipinski definition) is 0. The molecule has 7 heteroatoms. The number of anilines is 1. The van der Waals surface area contributed by atoms with Crippen molar-refractivity contribution in [2.45, 2.75) is 13.5 Å². The van der Waals surface area contributed by atoms with Crippen LogP contribution in [0.25, 0.3) is 6.08 Å². The summed E-state index contributed by atoms with van der Waals surface area (Å²) in [6.07, 6.45) is 1.79. The van der Waals surface area contributed by atoms with Crippen molar-refractivity contribution in [2.75, 3.05) is 4.90 Å². The molecule has 3 aromatic rings. The number of Topliss-reactive ketones (excluding diaryl/α,β-unsaturated/α-hetero) is 1. The highest BCUT2D eigenvalue weighted by atomic mass is 35.5. The van der Waals surface area contributed by atoms with Crippen LogP contribution < -0.4 is 9.64 Å². The van der Waals surface area contributed by atoms with Gasteiger partial charge in [0.2, 0.25) is 0 Å². The number of halogens is 1. The lowest BCUT2D eigenvalue weighted by Crippen LogP contribution is -2.27. The van der Waals surface area contributed by atoms with Gasteiger partial charge in [-0.25, -0.2) is 0 Å². The number of benzene rings is 3. The Kier molecular flexibility index (Phi) is 6.74. The lowest BCUT2D eigenvalue weighted by molar-refractivity contribution is -0.113. The molecular formula is C25H18ClNO3S2. The second-order valence-electron chi connectivity index (χ2n) is 7.11. The van der Waals surface area contributed by atoms with Gasteiger partial charge in [-0.1, -0.05) is 72.0 Å². The summed E-state index contributed by atoms with van der Waals surface area (Å²) >= 11 is 12.6. The molecule has 160 valence electrons. The van der Waals surface area contributed by atoms with Gasteiger partial charge in [-0.15, -0.1) is 0 Å². The third-order valence-electron chi connectivity index (χ3n) is 4.78. The molecule has 0 N–H and O–H groups in total. The summed E-state index contributed by atoms with van der Waals surface area (Å²) in [5.74, 6) is 0.412. The van der Waals surface area contributed by atoms with E-state index in [1.54, 1.807) is 30.3 Å². The van der Waals surface area contributed by atoms with Gasteiger partial charge in [-0.3, -0.25) is 14.5 Å². The van der Waals surface area contributed by atoms with E-state index < -0.39 is 0 Å². The second-order valence-corrected chi connectivity index (χ2v) is 9.22. The zero-order valence-electron chi connectivity index (χ0n) is 17.1. The quantitative estimate of drug-likeness (QED) is 0.228. The first-order valence-electron chi connectivity index (χ1n) is 9.77. The number of carbonyl (C=O) groups excluding carboxylic acids is 2. The number of ether oxygens (including phenoxy) is 1. The maximum absolute atomic E-state index is 13.0. The molecule has 1 heterocycles. The second kappa shape index (κ2) is 9.69. The van der Waals surface area contributed by atoms with Crippen LogP contribution in [-0.2, 0) is 11.4 Å². The first kappa shape index (κ1) is 22.3. The number of nitrogens with zero attached hydrogens (tertiary/aromatic N) is 1. The van der Waals surface area contributed by atoms with E-state index in [1.165, 1.54) is 23.6 Å². The van der Waals surface area contributed by atoms with Crippen LogP contribution in [0.1, 0.15) is 28.4 Å². The van der Waals surface area contributed by atoms with E-state index in [0.717, 1.165) is 11.1 Å². The lowest BCUT2D eigenvalue weighted by Gasteiger charge is -2.15. The third kappa shape index (κ3) is 5.10. The van der Waals surface area contributed by atoms with Crippen molar-refractivity contribution in [3.63, 3.8) is 0 Å². The minimum atomic E-state index is -0.215. The Hall–Kier alpha value is -2.93. The zero-order chi connectivity index (χ0) is 22.7. The van der Waals surface area contributed by atoms with Crippen LogP contribution in [0.15, 0.2) is 77.7 Å². The van der Waals surface area contributed by atoms with Gasteiger partial charge in [-0.2, -0.15) is 0 Å². The van der Waals surface area contributed by atoms with E-state index in [-0.39, 0.29) is 11.7 Å². The molecule has 0 radical (unpaired) electrons. The molecule has 1 amide bonds. The van der Waals surface area contributed by atoms with Crippen molar-refractivity contribution >= 4 is 63.4 Å². The molecule has 1 fully saturated rings. The van der Waals surface area contributed by atoms with Crippen LogP contribution >= 0.6 is 35.6 Å². The highest BCUT2D eigenvalue weighted by Crippen LogP contribution is 2.36. The Labute approximate surface area is 200 Å². The van der Waals surface area contributed by atoms with Gasteiger partial charge in [0.15, 0.2) is 10.1 Å². The van der Waals surface area contributed by atoms with Crippen molar-refractivity contribution in [1.82, 2.24) is 0 Å². The molecule has 1 saturated heterocycles. The van der Waals surface area contributed by atoms with Crippen LogP contribution in [0, 0.1) is 0 Å². The number of thioether (sulfide) groups is 1. The molecular weight excluding hydrogens is 462 g/mol. The van der Waals surface area contributed by atoms with E-state index in [4.69, 9.17) is 28.6 Å². The van der Waals surface area contributed by atoms with Crippen molar-refractivity contribution in [3.8, 4) is 5.75 Å². The van der Waals surface area contributed by atoms with Gasteiger partial charge >= 0.3 is 0 Å². The monoisotopic (exact) mass is 479 g/mol. The van der Waals surface area contributed by atoms with Gasteiger partial charge in [0.25, 0.3) is 5.91 Å². The number of amides is 1. The Bertz CT molecular complexity index is 1240. The summed E-state index contributed by atoms with van der Waals surface area (Å²) in [5.41, 5.74) is 2.96. The Morgan fingerprint density at radius 3 is 2.59 bits per heavy atom. The summed E-state index contributed by atoms with van der Waals surface area (Å²) in [6, 6.07) is 21.9. The van der Waals surface area contributed by atoms with Crippen LogP contribution in [-0.4, -0.2) is 16.0 Å². The first-order valence-corrected chi connectivity index (χ1v) is 11.4. The van der Waals surface area contributed by atoms with E-state index in [0.29, 0.717) is 37.9 Å². The van der Waals surface area contributed by atoms with E-state index in [2.05, 4.69) is 0 Å². The van der Waals surface area contributed by atoms with Gasteiger partial charge in [0.05, 0.1) is 10.6 Å². The van der Waals surface area contributed by atoms with Crippen molar-refractivity contribution in [2.24, 2.45) is 0 Å². The minimum Gasteiger partial charge on any atom is -0.489 e. The molecule has 1 aliphatic rings. The van der Waals surface area contributed by atoms with E-state index in [9.17, 15) is 9.59 Å². The molecule has 0 aliphatic carbocycles. The predicted octanol–water partition coefficient (Wildman–Crippen LogP) is 6.53. The molecule has 32 heavy (non-hydrogen) atoms.